The van der Waals surface area contributed by atoms with Gasteiger partial charge in [-0.05, 0) is 36.4 Å². The van der Waals surface area contributed by atoms with Gasteiger partial charge in [0.15, 0.2) is 0 Å². The Hall–Kier alpha value is -3.82. The minimum Gasteiger partial charge on any atom is -0.378 e. The van der Waals surface area contributed by atoms with Gasteiger partial charge in [-0.3, -0.25) is 14.9 Å². The smallest absolute Gasteiger partial charge is 0.293 e. The lowest BCUT2D eigenvalue weighted by atomic mass is 10.1. The molecule has 0 bridgehead atoms. The second kappa shape index (κ2) is 8.97. The molecule has 1 N–H and O–H groups in total. The number of aromatic nitrogens is 1. The van der Waals surface area contributed by atoms with Gasteiger partial charge in [0, 0.05) is 30.3 Å². The van der Waals surface area contributed by atoms with E-state index in [1.165, 1.54) is 6.07 Å². The van der Waals surface area contributed by atoms with Crippen LogP contribution in [-0.2, 0) is 4.74 Å². The number of nitro groups is 1. The van der Waals surface area contributed by atoms with Gasteiger partial charge in [-0.1, -0.05) is 24.3 Å². The summed E-state index contributed by atoms with van der Waals surface area (Å²) < 4.78 is 6.40. The molecule has 0 atom stereocenters. The number of para-hydroxylation sites is 2. The fraction of sp³-hybridized carbons (Fsp3) is 0.167. The Kier molecular flexibility index (Phi) is 5.72. The van der Waals surface area contributed by atoms with Crippen LogP contribution in [0.1, 0.15) is 10.4 Å². The first-order valence-corrected chi connectivity index (χ1v) is 11.3. The van der Waals surface area contributed by atoms with Crippen LogP contribution < -0.4 is 10.2 Å². The molecule has 0 aliphatic carbocycles. The summed E-state index contributed by atoms with van der Waals surface area (Å²) in [6, 6.07) is 19.9. The van der Waals surface area contributed by atoms with Crippen LogP contribution in [0, 0.1) is 10.1 Å². The Morgan fingerprint density at radius 2 is 1.82 bits per heavy atom. The molecule has 5 rings (SSSR count). The lowest BCUT2D eigenvalue weighted by Gasteiger charge is -2.28. The summed E-state index contributed by atoms with van der Waals surface area (Å²) >= 11 is 1.54. The fourth-order valence-electron chi connectivity index (χ4n) is 3.84. The number of morpholine rings is 1. The van der Waals surface area contributed by atoms with E-state index >= 15 is 0 Å². The van der Waals surface area contributed by atoms with E-state index in [-0.39, 0.29) is 11.3 Å². The molecule has 33 heavy (non-hydrogen) atoms. The van der Waals surface area contributed by atoms with E-state index in [0.29, 0.717) is 37.7 Å². The molecule has 8 nitrogen and oxygen atoms in total. The first-order chi connectivity index (χ1) is 16.1. The van der Waals surface area contributed by atoms with E-state index in [4.69, 9.17) is 4.74 Å². The fourth-order valence-corrected chi connectivity index (χ4v) is 4.85. The second-order valence-corrected chi connectivity index (χ2v) is 8.58. The van der Waals surface area contributed by atoms with Gasteiger partial charge in [0.1, 0.15) is 10.7 Å². The molecule has 9 heteroatoms. The third kappa shape index (κ3) is 4.28. The van der Waals surface area contributed by atoms with Gasteiger partial charge in [0.25, 0.3) is 11.6 Å². The number of benzene rings is 3. The monoisotopic (exact) mass is 460 g/mol. The van der Waals surface area contributed by atoms with Gasteiger partial charge in [-0.25, -0.2) is 4.98 Å². The molecular weight excluding hydrogens is 440 g/mol. The summed E-state index contributed by atoms with van der Waals surface area (Å²) in [6.07, 6.45) is 0. The lowest BCUT2D eigenvalue weighted by molar-refractivity contribution is -0.384. The largest absolute Gasteiger partial charge is 0.378 e. The Morgan fingerprint density at radius 3 is 2.61 bits per heavy atom. The second-order valence-electron chi connectivity index (χ2n) is 7.55. The van der Waals surface area contributed by atoms with Crippen LogP contribution in [-0.4, -0.2) is 42.1 Å². The average molecular weight is 461 g/mol. The molecule has 0 radical (unpaired) electrons. The van der Waals surface area contributed by atoms with Crippen LogP contribution in [0.15, 0.2) is 66.7 Å². The van der Waals surface area contributed by atoms with Crippen LogP contribution in [0.3, 0.4) is 0 Å². The number of nitrogens with one attached hydrogen (secondary N) is 1. The average Bonchev–Trinajstić information content (AvgIpc) is 3.28. The zero-order valence-corrected chi connectivity index (χ0v) is 18.4. The predicted molar refractivity (Wildman–Crippen MR) is 129 cm³/mol. The quantitative estimate of drug-likeness (QED) is 0.334. The molecule has 2 heterocycles. The molecular formula is C24H20N4O4S. The number of carbonyl (C=O) groups is 1. The highest BCUT2D eigenvalue weighted by Gasteiger charge is 2.24. The maximum absolute atomic E-state index is 13.0. The van der Waals surface area contributed by atoms with Crippen molar-refractivity contribution in [2.24, 2.45) is 0 Å². The van der Waals surface area contributed by atoms with E-state index < -0.39 is 10.8 Å². The van der Waals surface area contributed by atoms with Crippen LogP contribution >= 0.6 is 11.3 Å². The van der Waals surface area contributed by atoms with Gasteiger partial charge in [-0.15, -0.1) is 11.3 Å². The van der Waals surface area contributed by atoms with Gasteiger partial charge in [-0.2, -0.15) is 0 Å². The maximum atomic E-state index is 13.0. The van der Waals surface area contributed by atoms with Crippen molar-refractivity contribution >= 4 is 44.5 Å². The number of ether oxygens (including phenoxy) is 1. The summed E-state index contributed by atoms with van der Waals surface area (Å²) in [6.45, 7) is 2.17. The molecule has 0 spiro atoms. The molecule has 1 saturated heterocycles. The number of rotatable bonds is 5. The molecule has 0 saturated carbocycles. The van der Waals surface area contributed by atoms with Crippen LogP contribution in [0.4, 0.5) is 17.1 Å². The minimum atomic E-state index is -0.448. The molecule has 1 aliphatic rings. The summed E-state index contributed by atoms with van der Waals surface area (Å²) in [5.41, 5.74) is 2.91. The van der Waals surface area contributed by atoms with Crippen molar-refractivity contribution in [1.29, 1.82) is 0 Å². The number of nitro benzene ring substituents is 1. The first-order valence-electron chi connectivity index (χ1n) is 10.5. The molecule has 0 unspecified atom stereocenters. The van der Waals surface area contributed by atoms with Crippen LogP contribution in [0.5, 0.6) is 0 Å². The SMILES string of the molecule is O=C(Nc1ccccc1-c1nc2ccccc2s1)c1ccc(N2CCOCC2)c([N+](=O)[O-])c1. The van der Waals surface area contributed by atoms with E-state index in [1.807, 2.05) is 47.4 Å². The van der Waals surface area contributed by atoms with Crippen molar-refractivity contribution in [2.75, 3.05) is 36.5 Å². The van der Waals surface area contributed by atoms with Gasteiger partial charge in [0.2, 0.25) is 0 Å². The highest BCUT2D eigenvalue weighted by atomic mass is 32.1. The van der Waals surface area contributed by atoms with E-state index in [1.54, 1.807) is 29.5 Å². The summed E-state index contributed by atoms with van der Waals surface area (Å²) in [7, 11) is 0. The van der Waals surface area contributed by atoms with Crippen LogP contribution in [0.25, 0.3) is 20.8 Å². The molecule has 4 aromatic rings. The normalized spacial score (nSPS) is 13.8. The Balaban J connectivity index is 1.44. The number of fused-ring (bicyclic) bond motifs is 1. The maximum Gasteiger partial charge on any atom is 0.293 e. The molecule has 1 aromatic heterocycles. The van der Waals surface area contributed by atoms with Crippen molar-refractivity contribution in [3.63, 3.8) is 0 Å². The van der Waals surface area contributed by atoms with Crippen molar-refractivity contribution in [2.45, 2.75) is 0 Å². The third-order valence-corrected chi connectivity index (χ3v) is 6.56. The lowest BCUT2D eigenvalue weighted by Crippen LogP contribution is -2.36. The van der Waals surface area contributed by atoms with Crippen molar-refractivity contribution in [3.05, 3.63) is 82.4 Å². The standard InChI is InChI=1S/C24H20N4O4S/c29-23(16-9-10-20(21(15-16)28(30)31)27-11-13-32-14-12-27)25-18-6-2-1-5-17(18)24-26-19-7-3-4-8-22(19)33-24/h1-10,15H,11-14H2,(H,25,29). The number of carbonyl (C=O) groups excluding carboxylic acids is 1. The van der Waals surface area contributed by atoms with E-state index in [2.05, 4.69) is 10.3 Å². The summed E-state index contributed by atoms with van der Waals surface area (Å²) in [4.78, 5) is 30.9. The highest BCUT2D eigenvalue weighted by molar-refractivity contribution is 7.21. The van der Waals surface area contributed by atoms with Gasteiger partial charge < -0.3 is 15.0 Å². The Bertz CT molecular complexity index is 1310. The molecule has 1 amide bonds. The van der Waals surface area contributed by atoms with Gasteiger partial charge in [0.05, 0.1) is 34.0 Å². The van der Waals surface area contributed by atoms with Crippen molar-refractivity contribution in [3.8, 4) is 10.6 Å². The summed E-state index contributed by atoms with van der Waals surface area (Å²) in [5.74, 6) is -0.416. The minimum absolute atomic E-state index is 0.0935. The van der Waals surface area contributed by atoms with E-state index in [9.17, 15) is 14.9 Å². The number of thiazole rings is 1. The zero-order valence-electron chi connectivity index (χ0n) is 17.6. The molecule has 1 aliphatic heterocycles. The number of anilines is 2. The first kappa shape index (κ1) is 21.0. The zero-order chi connectivity index (χ0) is 22.8. The Morgan fingerprint density at radius 1 is 1.06 bits per heavy atom. The van der Waals surface area contributed by atoms with Gasteiger partial charge >= 0.3 is 0 Å². The Labute approximate surface area is 193 Å². The number of hydrogen-bond acceptors (Lipinski definition) is 7. The molecule has 1 fully saturated rings. The molecule has 3 aromatic carbocycles. The number of amides is 1. The third-order valence-electron chi connectivity index (χ3n) is 5.49. The summed E-state index contributed by atoms with van der Waals surface area (Å²) in [5, 5.41) is 15.4. The van der Waals surface area contributed by atoms with E-state index in [0.717, 1.165) is 20.8 Å². The highest BCUT2D eigenvalue weighted by Crippen LogP contribution is 2.35. The van der Waals surface area contributed by atoms with Crippen LogP contribution in [0.2, 0.25) is 0 Å². The van der Waals surface area contributed by atoms with Crippen molar-refractivity contribution < 1.29 is 14.5 Å². The van der Waals surface area contributed by atoms with Crippen molar-refractivity contribution in [1.82, 2.24) is 4.98 Å². The predicted octanol–water partition coefficient (Wildman–Crippen LogP) is 4.96. The topological polar surface area (TPSA) is 97.6 Å². The number of hydrogen-bond donors (Lipinski definition) is 1. The molecule has 166 valence electrons. The number of nitrogens with zero attached hydrogens (tertiary/aromatic N) is 3.